The number of rotatable bonds is 8. The highest BCUT2D eigenvalue weighted by Gasteiger charge is 2.85. The molecule has 3 heterocycles. The predicted molar refractivity (Wildman–Crippen MR) is 200 cm³/mol. The van der Waals surface area contributed by atoms with E-state index in [9.17, 15) is 51.1 Å². The van der Waals surface area contributed by atoms with Crippen LogP contribution < -0.4 is 0 Å². The molecule has 5 saturated carbocycles. The minimum absolute atomic E-state index is 0.00759. The lowest BCUT2D eigenvalue weighted by Gasteiger charge is -2.64. The molecule has 10 N–H and O–H groups in total. The molecule has 0 amide bonds. The molecule has 0 radical (unpaired) electrons. The molecule has 22 unspecified atom stereocenters. The lowest BCUT2D eigenvalue weighted by molar-refractivity contribution is -0.329. The summed E-state index contributed by atoms with van der Waals surface area (Å²) in [6, 6.07) is 0. The van der Waals surface area contributed by atoms with E-state index < -0.39 is 110 Å². The van der Waals surface area contributed by atoms with Gasteiger partial charge < -0.3 is 74.7 Å². The normalized spacial score (nSPS) is 58.4. The molecule has 0 aromatic rings. The highest BCUT2D eigenvalue weighted by Crippen LogP contribution is 2.89. The summed E-state index contributed by atoms with van der Waals surface area (Å²) in [5, 5.41) is 107. The topological polar surface area (TPSA) is 248 Å². The summed E-state index contributed by atoms with van der Waals surface area (Å²) >= 11 is 0. The van der Waals surface area contributed by atoms with Gasteiger partial charge in [-0.2, -0.15) is 0 Å². The molecule has 22 atom stereocenters. The van der Waals surface area contributed by atoms with Gasteiger partial charge >= 0.3 is 0 Å². The first kappa shape index (κ1) is 43.1. The molecule has 0 bridgehead atoms. The quantitative estimate of drug-likeness (QED) is 0.144. The zero-order valence-corrected chi connectivity index (χ0v) is 34.6. The van der Waals surface area contributed by atoms with Crippen LogP contribution in [0.3, 0.4) is 0 Å². The molecular weight excluding hydrogens is 744 g/mol. The fourth-order valence-corrected chi connectivity index (χ4v) is 15.2. The lowest BCUT2D eigenvalue weighted by atomic mass is 9.41. The monoisotopic (exact) mass is 814 g/mol. The average Bonchev–Trinajstić information content (AvgIpc) is 3.50. The first-order valence-corrected chi connectivity index (χ1v) is 21.4. The van der Waals surface area contributed by atoms with E-state index in [4.69, 9.17) is 23.7 Å². The fourth-order valence-electron chi connectivity index (χ4n) is 15.2. The van der Waals surface area contributed by atoms with E-state index >= 15 is 0 Å². The van der Waals surface area contributed by atoms with Gasteiger partial charge in [0.05, 0.1) is 49.3 Å². The number of hydrogen-bond donors (Lipinski definition) is 10. The van der Waals surface area contributed by atoms with E-state index in [1.54, 1.807) is 0 Å². The molecule has 15 nitrogen and oxygen atoms in total. The Hall–Kier alpha value is -0.600. The Balaban J connectivity index is 0.996. The Bertz CT molecular complexity index is 1510. The molecule has 57 heavy (non-hydrogen) atoms. The van der Waals surface area contributed by atoms with Gasteiger partial charge in [-0.05, 0) is 111 Å². The number of aliphatic hydroxyl groups excluding tert-OH is 10. The van der Waals surface area contributed by atoms with Gasteiger partial charge in [-0.15, -0.1) is 0 Å². The average molecular weight is 815 g/mol. The Kier molecular flexibility index (Phi) is 10.5. The second-order valence-electron chi connectivity index (χ2n) is 21.5. The van der Waals surface area contributed by atoms with Crippen molar-refractivity contribution >= 4 is 0 Å². The summed E-state index contributed by atoms with van der Waals surface area (Å²) in [5.41, 5.74) is -2.89. The van der Waals surface area contributed by atoms with Crippen LogP contribution in [0.4, 0.5) is 0 Å². The van der Waals surface area contributed by atoms with Gasteiger partial charge in [0, 0.05) is 11.8 Å². The third kappa shape index (κ3) is 5.92. The second-order valence-corrected chi connectivity index (χ2v) is 21.5. The maximum atomic E-state index is 12.3. The summed E-state index contributed by atoms with van der Waals surface area (Å²) in [6.07, 6.45) is -9.33. The zero-order chi connectivity index (χ0) is 41.6. The lowest BCUT2D eigenvalue weighted by Crippen LogP contribution is -2.64. The molecule has 2 spiro atoms. The second kappa shape index (κ2) is 14.0. The van der Waals surface area contributed by atoms with Crippen LogP contribution in [0.5, 0.6) is 0 Å². The molecule has 3 aliphatic heterocycles. The maximum absolute atomic E-state index is 12.3. The molecule has 5 aliphatic carbocycles. The van der Waals surface area contributed by atoms with Crippen LogP contribution in [0, 0.1) is 50.7 Å². The van der Waals surface area contributed by atoms with E-state index in [-0.39, 0.29) is 45.3 Å². The van der Waals surface area contributed by atoms with Gasteiger partial charge in [0.15, 0.2) is 12.6 Å². The maximum Gasteiger partial charge on any atom is 0.187 e. The van der Waals surface area contributed by atoms with Crippen LogP contribution in [0.15, 0.2) is 0 Å². The summed E-state index contributed by atoms with van der Waals surface area (Å²) in [7, 11) is 0. The van der Waals surface area contributed by atoms with Gasteiger partial charge in [0.25, 0.3) is 0 Å². The van der Waals surface area contributed by atoms with Crippen LogP contribution in [0.2, 0.25) is 0 Å². The van der Waals surface area contributed by atoms with Crippen molar-refractivity contribution < 1.29 is 74.7 Å². The van der Waals surface area contributed by atoms with Crippen molar-refractivity contribution in [2.45, 2.75) is 191 Å². The number of hydrogen-bond acceptors (Lipinski definition) is 15. The number of fused-ring (bicyclic) bond motifs is 2. The van der Waals surface area contributed by atoms with Crippen molar-refractivity contribution in [3.8, 4) is 0 Å². The molecule has 8 fully saturated rings. The van der Waals surface area contributed by atoms with Crippen molar-refractivity contribution in [2.24, 2.45) is 50.7 Å². The third-order valence-electron chi connectivity index (χ3n) is 18.3. The van der Waals surface area contributed by atoms with Gasteiger partial charge in [-0.3, -0.25) is 0 Å². The van der Waals surface area contributed by atoms with Gasteiger partial charge in [0.2, 0.25) is 0 Å². The van der Waals surface area contributed by atoms with Crippen molar-refractivity contribution in [3.05, 3.63) is 0 Å². The standard InChI is InChI=1S/C42H70O15/c1-36(2)25(56-34-30(51)28(49)26(47)22(15-43)54-34)8-9-42-18-41(42)11-10-38(5)33(21(46)14-39(38,6)24(41)12-20(45)32(36)42)40(7)13-19(17-53-40)37(3,4)57-35-31(52)29(50)27(48)23(16-44)55-35/h19-35,43-52H,8-18H2,1-7H3. The minimum atomic E-state index is -1.55. The fraction of sp³-hybridized carbons (Fsp3) is 1.00. The molecule has 8 rings (SSSR count). The minimum Gasteiger partial charge on any atom is -0.394 e. The van der Waals surface area contributed by atoms with Crippen LogP contribution in [0.25, 0.3) is 0 Å². The number of aliphatic hydroxyl groups is 10. The van der Waals surface area contributed by atoms with E-state index in [1.165, 1.54) is 0 Å². The summed E-state index contributed by atoms with van der Waals surface area (Å²) in [5.74, 6) is -0.300. The van der Waals surface area contributed by atoms with Crippen molar-refractivity contribution in [1.29, 1.82) is 0 Å². The van der Waals surface area contributed by atoms with Gasteiger partial charge in [-0.1, -0.05) is 27.7 Å². The van der Waals surface area contributed by atoms with Crippen LogP contribution >= 0.6 is 0 Å². The Morgan fingerprint density at radius 3 is 1.86 bits per heavy atom. The Morgan fingerprint density at radius 2 is 1.25 bits per heavy atom. The van der Waals surface area contributed by atoms with Crippen LogP contribution in [-0.2, 0) is 23.7 Å². The first-order valence-electron chi connectivity index (χ1n) is 21.4. The highest BCUT2D eigenvalue weighted by atomic mass is 16.7. The molecule has 328 valence electrons. The van der Waals surface area contributed by atoms with Crippen molar-refractivity contribution in [3.63, 3.8) is 0 Å². The SMILES string of the molecule is CC(C)(OC1OC(CO)C(O)C(O)C1O)C1COC(C)(C2C(O)CC3(C)C4CC(O)C5C(C)(C)C(OC6OC(CO)C(O)C(O)C6O)CCC56CC46CCC23C)C1. The van der Waals surface area contributed by atoms with Crippen LogP contribution in [-0.4, -0.2) is 162 Å². The molecule has 0 aromatic heterocycles. The van der Waals surface area contributed by atoms with E-state index in [2.05, 4.69) is 34.6 Å². The zero-order valence-electron chi connectivity index (χ0n) is 34.6. The molecule has 3 saturated heterocycles. The van der Waals surface area contributed by atoms with E-state index in [0.717, 1.165) is 25.7 Å². The summed E-state index contributed by atoms with van der Waals surface area (Å²) in [4.78, 5) is 0. The Labute approximate surface area is 335 Å². The summed E-state index contributed by atoms with van der Waals surface area (Å²) < 4.78 is 31.0. The van der Waals surface area contributed by atoms with Gasteiger partial charge in [0.1, 0.15) is 48.8 Å². The predicted octanol–water partition coefficient (Wildman–Crippen LogP) is -0.0575. The third-order valence-corrected chi connectivity index (χ3v) is 18.3. The Morgan fingerprint density at radius 1 is 0.649 bits per heavy atom. The molecular formula is C42H70O15. The number of ether oxygens (including phenoxy) is 5. The van der Waals surface area contributed by atoms with Gasteiger partial charge in [-0.25, -0.2) is 0 Å². The molecule has 15 heteroatoms. The van der Waals surface area contributed by atoms with Crippen LogP contribution in [0.1, 0.15) is 99.8 Å². The van der Waals surface area contributed by atoms with Crippen molar-refractivity contribution in [1.82, 2.24) is 0 Å². The van der Waals surface area contributed by atoms with E-state index in [1.807, 2.05) is 13.8 Å². The first-order chi connectivity index (χ1) is 26.5. The smallest absolute Gasteiger partial charge is 0.187 e. The largest absolute Gasteiger partial charge is 0.394 e. The molecule has 8 aliphatic rings. The molecule has 0 aromatic carbocycles. The summed E-state index contributed by atoms with van der Waals surface area (Å²) in [6.45, 7) is 14.0. The highest BCUT2D eigenvalue weighted by molar-refractivity contribution is 5.33. The van der Waals surface area contributed by atoms with E-state index in [0.29, 0.717) is 32.3 Å². The van der Waals surface area contributed by atoms with Crippen molar-refractivity contribution in [2.75, 3.05) is 19.8 Å².